The van der Waals surface area contributed by atoms with Crippen LogP contribution < -0.4 is 0 Å². The van der Waals surface area contributed by atoms with Gasteiger partial charge in [0, 0.05) is 19.7 Å². The number of hydrogen-bond acceptors (Lipinski definition) is 4. The van der Waals surface area contributed by atoms with Gasteiger partial charge in [-0.15, -0.1) is 0 Å². The second-order valence-electron chi connectivity index (χ2n) is 4.87. The van der Waals surface area contributed by atoms with E-state index in [1.807, 2.05) is 6.92 Å². The molecule has 1 fully saturated rings. The van der Waals surface area contributed by atoms with Crippen LogP contribution in [0.1, 0.15) is 31.4 Å². The molecule has 0 saturated carbocycles. The van der Waals surface area contributed by atoms with Gasteiger partial charge < -0.3 is 9.84 Å². The van der Waals surface area contributed by atoms with Crippen molar-refractivity contribution in [3.8, 4) is 0 Å². The molecule has 5 nitrogen and oxygen atoms in total. The highest BCUT2D eigenvalue weighted by molar-refractivity contribution is 7.89. The van der Waals surface area contributed by atoms with Gasteiger partial charge in [-0.2, -0.15) is 4.31 Å². The van der Waals surface area contributed by atoms with Crippen molar-refractivity contribution in [2.24, 2.45) is 0 Å². The van der Waals surface area contributed by atoms with Gasteiger partial charge in [0.05, 0.1) is 17.6 Å². The van der Waals surface area contributed by atoms with Crippen molar-refractivity contribution < 1.29 is 18.3 Å². The number of rotatable bonds is 4. The summed E-state index contributed by atoms with van der Waals surface area (Å²) in [6.45, 7) is 3.74. The zero-order valence-corrected chi connectivity index (χ0v) is 12.5. The Kier molecular flexibility index (Phi) is 5.15. The van der Waals surface area contributed by atoms with Gasteiger partial charge in [-0.05, 0) is 30.5 Å². The number of aliphatic hydroxyl groups is 1. The third-order valence-corrected chi connectivity index (χ3v) is 5.34. The van der Waals surface area contributed by atoms with Gasteiger partial charge in [-0.3, -0.25) is 0 Å². The molecule has 0 spiro atoms. The molecule has 0 radical (unpaired) electrons. The maximum atomic E-state index is 12.6. The molecular formula is C14H21NO4S. The average Bonchev–Trinajstić information content (AvgIpc) is 2.76. The Balaban J connectivity index is 2.28. The SMILES string of the molecule is CCC(O)c1cccc(S(=O)(=O)N2CCCOCC2)c1. The fourth-order valence-corrected chi connectivity index (χ4v) is 3.75. The second kappa shape index (κ2) is 6.67. The summed E-state index contributed by atoms with van der Waals surface area (Å²) in [5.41, 5.74) is 0.639. The molecule has 1 unspecified atom stereocenters. The van der Waals surface area contributed by atoms with Crippen molar-refractivity contribution in [2.75, 3.05) is 26.3 Å². The van der Waals surface area contributed by atoms with Gasteiger partial charge in [0.2, 0.25) is 10.0 Å². The number of benzene rings is 1. The predicted octanol–water partition coefficient (Wildman–Crippen LogP) is 1.54. The van der Waals surface area contributed by atoms with E-state index in [-0.39, 0.29) is 4.90 Å². The highest BCUT2D eigenvalue weighted by Gasteiger charge is 2.25. The summed E-state index contributed by atoms with van der Waals surface area (Å²) >= 11 is 0. The van der Waals surface area contributed by atoms with Crippen LogP contribution in [0.25, 0.3) is 0 Å². The molecule has 6 heteroatoms. The summed E-state index contributed by atoms with van der Waals surface area (Å²) in [5.74, 6) is 0. The lowest BCUT2D eigenvalue weighted by molar-refractivity contribution is 0.148. The Morgan fingerprint density at radius 2 is 2.15 bits per heavy atom. The predicted molar refractivity (Wildman–Crippen MR) is 75.9 cm³/mol. The maximum Gasteiger partial charge on any atom is 0.243 e. The van der Waals surface area contributed by atoms with Gasteiger partial charge in [0.1, 0.15) is 0 Å². The van der Waals surface area contributed by atoms with Crippen LogP contribution in [0, 0.1) is 0 Å². The van der Waals surface area contributed by atoms with Crippen molar-refractivity contribution >= 4 is 10.0 Å². The fourth-order valence-electron chi connectivity index (χ4n) is 2.23. The standard InChI is InChI=1S/C14H21NO4S/c1-2-14(16)12-5-3-6-13(11-12)20(17,18)15-7-4-9-19-10-8-15/h3,5-6,11,14,16H,2,4,7-10H2,1H3. The molecule has 20 heavy (non-hydrogen) atoms. The highest BCUT2D eigenvalue weighted by atomic mass is 32.2. The van der Waals surface area contributed by atoms with E-state index < -0.39 is 16.1 Å². The van der Waals surface area contributed by atoms with Crippen LogP contribution in [0.5, 0.6) is 0 Å². The van der Waals surface area contributed by atoms with E-state index >= 15 is 0 Å². The van der Waals surface area contributed by atoms with Gasteiger partial charge in [0.25, 0.3) is 0 Å². The summed E-state index contributed by atoms with van der Waals surface area (Å²) in [6, 6.07) is 6.57. The number of sulfonamides is 1. The number of ether oxygens (including phenoxy) is 1. The van der Waals surface area contributed by atoms with E-state index in [9.17, 15) is 13.5 Å². The largest absolute Gasteiger partial charge is 0.388 e. The minimum absolute atomic E-state index is 0.240. The van der Waals surface area contributed by atoms with E-state index in [0.29, 0.717) is 44.7 Å². The van der Waals surface area contributed by atoms with Gasteiger partial charge in [0.15, 0.2) is 0 Å². The van der Waals surface area contributed by atoms with Crippen molar-refractivity contribution in [1.82, 2.24) is 4.31 Å². The van der Waals surface area contributed by atoms with Crippen molar-refractivity contribution in [2.45, 2.75) is 30.8 Å². The second-order valence-corrected chi connectivity index (χ2v) is 6.80. The summed E-state index contributed by atoms with van der Waals surface area (Å²) in [7, 11) is -3.51. The molecule has 1 aromatic carbocycles. The Bertz CT molecular complexity index is 536. The molecule has 0 aliphatic carbocycles. The minimum Gasteiger partial charge on any atom is -0.388 e. The number of hydrogen-bond donors (Lipinski definition) is 1. The van der Waals surface area contributed by atoms with E-state index in [2.05, 4.69) is 0 Å². The van der Waals surface area contributed by atoms with E-state index in [1.54, 1.807) is 24.3 Å². The van der Waals surface area contributed by atoms with E-state index in [0.717, 1.165) is 0 Å². The van der Waals surface area contributed by atoms with Crippen LogP contribution in [0.3, 0.4) is 0 Å². The Labute approximate surface area is 120 Å². The van der Waals surface area contributed by atoms with Crippen molar-refractivity contribution in [3.05, 3.63) is 29.8 Å². The molecule has 1 saturated heterocycles. The van der Waals surface area contributed by atoms with Gasteiger partial charge in [-0.25, -0.2) is 8.42 Å². The molecule has 112 valence electrons. The van der Waals surface area contributed by atoms with Gasteiger partial charge in [-0.1, -0.05) is 19.1 Å². The summed E-state index contributed by atoms with van der Waals surface area (Å²) in [6.07, 6.45) is 0.634. The first-order valence-corrected chi connectivity index (χ1v) is 8.35. The van der Waals surface area contributed by atoms with Crippen LogP contribution in [0.4, 0.5) is 0 Å². The zero-order chi connectivity index (χ0) is 14.6. The maximum absolute atomic E-state index is 12.6. The molecule has 0 aromatic heterocycles. The summed E-state index contributed by atoms with van der Waals surface area (Å²) < 4.78 is 31.9. The van der Waals surface area contributed by atoms with Gasteiger partial charge >= 0.3 is 0 Å². The Morgan fingerprint density at radius 1 is 1.35 bits per heavy atom. The summed E-state index contributed by atoms with van der Waals surface area (Å²) in [5, 5.41) is 9.85. The number of nitrogens with zero attached hydrogens (tertiary/aromatic N) is 1. The molecule has 2 rings (SSSR count). The molecule has 1 aliphatic heterocycles. The lowest BCUT2D eigenvalue weighted by Crippen LogP contribution is -2.33. The van der Waals surface area contributed by atoms with Crippen LogP contribution in [0.15, 0.2) is 29.2 Å². The van der Waals surface area contributed by atoms with E-state index in [1.165, 1.54) is 4.31 Å². The normalized spacial score (nSPS) is 19.5. The Hall–Kier alpha value is -0.950. The molecule has 0 amide bonds. The fraction of sp³-hybridized carbons (Fsp3) is 0.571. The van der Waals surface area contributed by atoms with Crippen molar-refractivity contribution in [1.29, 1.82) is 0 Å². The first kappa shape index (κ1) is 15.4. The lowest BCUT2D eigenvalue weighted by atomic mass is 10.1. The average molecular weight is 299 g/mol. The molecule has 0 bridgehead atoms. The molecule has 1 aliphatic rings. The molecule has 1 N–H and O–H groups in total. The van der Waals surface area contributed by atoms with E-state index in [4.69, 9.17) is 4.74 Å². The lowest BCUT2D eigenvalue weighted by Gasteiger charge is -2.20. The van der Waals surface area contributed by atoms with Crippen molar-refractivity contribution in [3.63, 3.8) is 0 Å². The topological polar surface area (TPSA) is 66.8 Å². The van der Waals surface area contributed by atoms with Crippen LogP contribution in [0.2, 0.25) is 0 Å². The first-order valence-electron chi connectivity index (χ1n) is 6.91. The third-order valence-electron chi connectivity index (χ3n) is 3.45. The smallest absolute Gasteiger partial charge is 0.243 e. The molecule has 1 aromatic rings. The minimum atomic E-state index is -3.51. The monoisotopic (exact) mass is 299 g/mol. The zero-order valence-electron chi connectivity index (χ0n) is 11.7. The van der Waals surface area contributed by atoms with Crippen LogP contribution >= 0.6 is 0 Å². The quantitative estimate of drug-likeness (QED) is 0.916. The first-order chi connectivity index (χ1) is 9.55. The van der Waals surface area contributed by atoms with Crippen LogP contribution in [-0.4, -0.2) is 44.1 Å². The number of aliphatic hydroxyl groups excluding tert-OH is 1. The summed E-state index contributed by atoms with van der Waals surface area (Å²) in [4.78, 5) is 0.240. The molecule has 1 atom stereocenters. The molecular weight excluding hydrogens is 278 g/mol. The van der Waals surface area contributed by atoms with Crippen LogP contribution in [-0.2, 0) is 14.8 Å². The Morgan fingerprint density at radius 3 is 2.90 bits per heavy atom. The molecule has 1 heterocycles. The highest BCUT2D eigenvalue weighted by Crippen LogP contribution is 2.22. The third kappa shape index (κ3) is 3.38.